The molecule has 132 valence electrons. The number of nitro benzene ring substituents is 1. The van der Waals surface area contributed by atoms with Gasteiger partial charge in [-0.3, -0.25) is 10.1 Å². The van der Waals surface area contributed by atoms with Gasteiger partial charge in [-0.25, -0.2) is 0 Å². The summed E-state index contributed by atoms with van der Waals surface area (Å²) in [6.45, 7) is 0. The molecule has 0 saturated heterocycles. The van der Waals surface area contributed by atoms with Crippen LogP contribution in [0.3, 0.4) is 0 Å². The van der Waals surface area contributed by atoms with Crippen molar-refractivity contribution in [3.05, 3.63) is 86.7 Å². The SMILES string of the molecule is O=[N+]([O-])c1ccc(-c2cccc(-[n+]3cnn[nH]3)c2-c2ccc(I)cc2)cc1. The Morgan fingerprint density at radius 3 is 2.30 bits per heavy atom. The third-order valence-electron chi connectivity index (χ3n) is 4.20. The predicted molar refractivity (Wildman–Crippen MR) is 108 cm³/mol. The zero-order valence-electron chi connectivity index (χ0n) is 13.9. The van der Waals surface area contributed by atoms with Crippen molar-refractivity contribution in [2.45, 2.75) is 0 Å². The molecule has 0 aliphatic rings. The van der Waals surface area contributed by atoms with Crippen LogP contribution in [-0.4, -0.2) is 20.4 Å². The fraction of sp³-hybridized carbons (Fsp3) is 0. The topological polar surface area (TPSA) is 88.6 Å². The number of hydrogen-bond donors (Lipinski definition) is 1. The molecule has 8 heteroatoms. The van der Waals surface area contributed by atoms with Crippen LogP contribution >= 0.6 is 22.6 Å². The van der Waals surface area contributed by atoms with Crippen molar-refractivity contribution in [3.8, 4) is 27.9 Å². The Balaban J connectivity index is 1.95. The molecule has 0 spiro atoms. The first kappa shape index (κ1) is 17.3. The second kappa shape index (κ2) is 7.23. The fourth-order valence-corrected chi connectivity index (χ4v) is 3.32. The standard InChI is InChI=1S/C19H12IN5O2/c20-15-8-4-14(5-9-15)19-17(13-6-10-16(11-7-13)25(26)27)2-1-3-18(19)24-12-21-22-23-24/h1-12H/p+1. The largest absolute Gasteiger partial charge is 0.293 e. The maximum atomic E-state index is 11.0. The molecule has 0 saturated carbocycles. The molecule has 27 heavy (non-hydrogen) atoms. The summed E-state index contributed by atoms with van der Waals surface area (Å²) >= 11 is 2.27. The van der Waals surface area contributed by atoms with Gasteiger partial charge in [0.15, 0.2) is 5.21 Å². The lowest BCUT2D eigenvalue weighted by Crippen LogP contribution is -2.32. The van der Waals surface area contributed by atoms with E-state index in [1.807, 2.05) is 30.3 Å². The Morgan fingerprint density at radius 2 is 1.67 bits per heavy atom. The number of nitrogens with zero attached hydrogens (tertiary/aromatic N) is 4. The van der Waals surface area contributed by atoms with Crippen LogP contribution in [0, 0.1) is 13.7 Å². The number of non-ortho nitro benzene ring substituents is 1. The van der Waals surface area contributed by atoms with Crippen molar-refractivity contribution < 1.29 is 9.61 Å². The molecule has 1 aromatic heterocycles. The number of aromatic nitrogens is 4. The van der Waals surface area contributed by atoms with Crippen molar-refractivity contribution in [1.29, 1.82) is 0 Å². The highest BCUT2D eigenvalue weighted by Crippen LogP contribution is 2.36. The number of tetrazole rings is 1. The first-order valence-electron chi connectivity index (χ1n) is 8.05. The summed E-state index contributed by atoms with van der Waals surface area (Å²) in [5.74, 6) is 0. The molecule has 0 unspecified atom stereocenters. The molecule has 0 atom stereocenters. The molecular weight excluding hydrogens is 457 g/mol. The molecule has 4 rings (SSSR count). The van der Waals surface area contributed by atoms with Crippen molar-refractivity contribution in [2.75, 3.05) is 0 Å². The third kappa shape index (κ3) is 3.43. The Morgan fingerprint density at radius 1 is 0.963 bits per heavy atom. The van der Waals surface area contributed by atoms with Gasteiger partial charge < -0.3 is 0 Å². The van der Waals surface area contributed by atoms with Crippen LogP contribution in [0.15, 0.2) is 73.1 Å². The molecule has 3 aromatic carbocycles. The molecule has 4 aromatic rings. The lowest BCUT2D eigenvalue weighted by molar-refractivity contribution is -0.659. The van der Waals surface area contributed by atoms with Crippen LogP contribution in [0.5, 0.6) is 0 Å². The van der Waals surface area contributed by atoms with Gasteiger partial charge in [0.05, 0.1) is 4.92 Å². The number of hydrogen-bond acceptors (Lipinski definition) is 4. The normalized spacial score (nSPS) is 10.7. The lowest BCUT2D eigenvalue weighted by atomic mass is 9.93. The van der Waals surface area contributed by atoms with E-state index in [0.29, 0.717) is 0 Å². The van der Waals surface area contributed by atoms with Crippen LogP contribution in [0.1, 0.15) is 0 Å². The summed E-state index contributed by atoms with van der Waals surface area (Å²) < 4.78 is 2.88. The molecule has 1 N–H and O–H groups in total. The molecule has 0 radical (unpaired) electrons. The maximum Gasteiger partial charge on any atom is 0.293 e. The Bertz CT molecular complexity index is 1090. The number of aromatic amines is 1. The second-order valence-corrected chi connectivity index (χ2v) is 7.06. The van der Waals surface area contributed by atoms with Crippen molar-refractivity contribution in [1.82, 2.24) is 15.5 Å². The molecule has 1 heterocycles. The number of benzene rings is 3. The van der Waals surface area contributed by atoms with Gasteiger partial charge in [0.1, 0.15) is 10.8 Å². The van der Waals surface area contributed by atoms with Gasteiger partial charge in [0, 0.05) is 21.3 Å². The van der Waals surface area contributed by atoms with E-state index in [9.17, 15) is 10.1 Å². The van der Waals surface area contributed by atoms with Gasteiger partial charge in [-0.05, 0) is 69.6 Å². The van der Waals surface area contributed by atoms with Crippen LogP contribution < -0.4 is 4.68 Å². The van der Waals surface area contributed by atoms with Gasteiger partial charge in [-0.2, -0.15) is 0 Å². The smallest absolute Gasteiger partial charge is 0.258 e. The number of halogens is 1. The van der Waals surface area contributed by atoms with Gasteiger partial charge in [-0.15, -0.1) is 4.68 Å². The van der Waals surface area contributed by atoms with Crippen LogP contribution in [0.2, 0.25) is 0 Å². The Kier molecular flexibility index (Phi) is 4.63. The molecule has 0 bridgehead atoms. The van der Waals surface area contributed by atoms with Gasteiger partial charge in [-0.1, -0.05) is 29.5 Å². The molecule has 0 aliphatic heterocycles. The molecular formula is C19H13IN5O2+. The van der Waals surface area contributed by atoms with E-state index in [1.54, 1.807) is 23.1 Å². The Hall–Kier alpha value is -3.14. The maximum absolute atomic E-state index is 11.0. The first-order valence-corrected chi connectivity index (χ1v) is 9.13. The fourth-order valence-electron chi connectivity index (χ4n) is 2.96. The summed E-state index contributed by atoms with van der Waals surface area (Å²) in [6, 6.07) is 20.7. The van der Waals surface area contributed by atoms with Gasteiger partial charge >= 0.3 is 0 Å². The highest BCUT2D eigenvalue weighted by molar-refractivity contribution is 14.1. The average molecular weight is 470 g/mol. The number of rotatable bonds is 4. The third-order valence-corrected chi connectivity index (χ3v) is 4.92. The van der Waals surface area contributed by atoms with Crippen LogP contribution in [0.25, 0.3) is 27.9 Å². The van der Waals surface area contributed by atoms with E-state index in [2.05, 4.69) is 50.2 Å². The quantitative estimate of drug-likeness (QED) is 0.212. The number of H-pyrrole nitrogens is 1. The first-order chi connectivity index (χ1) is 13.1. The molecule has 0 amide bonds. The highest BCUT2D eigenvalue weighted by atomic mass is 127. The minimum atomic E-state index is -0.396. The highest BCUT2D eigenvalue weighted by Gasteiger charge is 2.18. The lowest BCUT2D eigenvalue weighted by Gasteiger charge is -2.13. The van der Waals surface area contributed by atoms with Gasteiger partial charge in [0.25, 0.3) is 12.0 Å². The summed E-state index contributed by atoms with van der Waals surface area (Å²) in [5.41, 5.74) is 4.82. The second-order valence-electron chi connectivity index (χ2n) is 5.81. The molecule has 0 aliphatic carbocycles. The zero-order chi connectivity index (χ0) is 18.8. The average Bonchev–Trinajstić information content (AvgIpc) is 3.23. The Labute approximate surface area is 168 Å². The zero-order valence-corrected chi connectivity index (χ0v) is 16.1. The van der Waals surface area contributed by atoms with Gasteiger partial charge in [0.2, 0.25) is 0 Å². The number of nitro groups is 1. The molecule has 7 nitrogen and oxygen atoms in total. The summed E-state index contributed by atoms with van der Waals surface area (Å²) in [5, 5.41) is 21.5. The molecule has 0 fully saturated rings. The van der Waals surface area contributed by atoms with E-state index in [4.69, 9.17) is 0 Å². The van der Waals surface area contributed by atoms with E-state index in [1.165, 1.54) is 12.1 Å². The summed E-state index contributed by atoms with van der Waals surface area (Å²) in [4.78, 5) is 10.6. The van der Waals surface area contributed by atoms with Crippen molar-refractivity contribution >= 4 is 28.3 Å². The van der Waals surface area contributed by atoms with Crippen molar-refractivity contribution in [2.24, 2.45) is 0 Å². The van der Waals surface area contributed by atoms with Crippen LogP contribution in [-0.2, 0) is 0 Å². The minimum absolute atomic E-state index is 0.0675. The monoisotopic (exact) mass is 470 g/mol. The van der Waals surface area contributed by atoms with Crippen LogP contribution in [0.4, 0.5) is 5.69 Å². The van der Waals surface area contributed by atoms with Crippen molar-refractivity contribution in [3.63, 3.8) is 0 Å². The van der Waals surface area contributed by atoms with E-state index in [-0.39, 0.29) is 5.69 Å². The predicted octanol–water partition coefficient (Wildman–Crippen LogP) is 3.93. The van der Waals surface area contributed by atoms with E-state index in [0.717, 1.165) is 31.5 Å². The number of nitrogens with one attached hydrogen (secondary N) is 1. The van der Waals surface area contributed by atoms with E-state index < -0.39 is 4.92 Å². The summed E-state index contributed by atoms with van der Waals surface area (Å²) in [7, 11) is 0. The summed E-state index contributed by atoms with van der Waals surface area (Å²) in [6.07, 6.45) is 1.60. The minimum Gasteiger partial charge on any atom is -0.258 e. The van der Waals surface area contributed by atoms with E-state index >= 15 is 0 Å².